The second-order valence-electron chi connectivity index (χ2n) is 5.62. The van der Waals surface area contributed by atoms with Gasteiger partial charge in [0.15, 0.2) is 5.82 Å². The Morgan fingerprint density at radius 3 is 2.39 bits per heavy atom. The molecular weight excluding hydrogens is 252 g/mol. The molecule has 0 N–H and O–H groups in total. The third-order valence-corrected chi connectivity index (χ3v) is 3.72. The second-order valence-corrected chi connectivity index (χ2v) is 6.03. The second kappa shape index (κ2) is 4.12. The molecule has 1 atom stereocenters. The van der Waals surface area contributed by atoms with Gasteiger partial charge >= 0.3 is 0 Å². The summed E-state index contributed by atoms with van der Waals surface area (Å²) in [5, 5.41) is 3.95. The molecule has 0 aromatic carbocycles. The Morgan fingerprint density at radius 1 is 1.39 bits per heavy atom. The topological polar surface area (TPSA) is 46.3 Å². The smallest absolute Gasteiger partial charge is 0.256 e. The van der Waals surface area contributed by atoms with Crippen LogP contribution in [0.15, 0.2) is 21.7 Å². The van der Waals surface area contributed by atoms with Crippen molar-refractivity contribution in [3.63, 3.8) is 0 Å². The van der Waals surface area contributed by atoms with E-state index in [1.54, 1.807) is 13.0 Å². The van der Waals surface area contributed by atoms with Crippen LogP contribution in [0.25, 0.3) is 0 Å². The number of aromatic nitrogens is 1. The van der Waals surface area contributed by atoms with E-state index < -0.39 is 5.50 Å². The minimum atomic E-state index is -0.476. The van der Waals surface area contributed by atoms with Gasteiger partial charge in [-0.2, -0.15) is 0 Å². The fourth-order valence-corrected chi connectivity index (χ4v) is 2.13. The van der Waals surface area contributed by atoms with Gasteiger partial charge in [0.2, 0.25) is 0 Å². The average Bonchev–Trinajstić information content (AvgIpc) is 2.81. The first-order valence-electron chi connectivity index (χ1n) is 5.85. The molecule has 98 valence electrons. The summed E-state index contributed by atoms with van der Waals surface area (Å²) < 4.78 is 5.29. The van der Waals surface area contributed by atoms with E-state index >= 15 is 0 Å². The Hall–Kier alpha value is -1.29. The summed E-state index contributed by atoms with van der Waals surface area (Å²) in [6, 6.07) is 1.78. The first kappa shape index (κ1) is 13.1. The third-order valence-electron chi connectivity index (χ3n) is 3.20. The van der Waals surface area contributed by atoms with Gasteiger partial charge in [-0.05, 0) is 19.4 Å². The predicted octanol–water partition coefficient (Wildman–Crippen LogP) is 3.22. The average molecular weight is 269 g/mol. The van der Waals surface area contributed by atoms with Crippen LogP contribution in [0.5, 0.6) is 0 Å². The molecule has 1 aromatic heterocycles. The van der Waals surface area contributed by atoms with Crippen molar-refractivity contribution in [2.45, 2.75) is 45.5 Å². The molecule has 2 heterocycles. The number of anilines is 1. The Morgan fingerprint density at radius 2 is 2.00 bits per heavy atom. The zero-order chi connectivity index (χ0) is 13.7. The summed E-state index contributed by atoms with van der Waals surface area (Å²) in [6.45, 7) is 9.70. The van der Waals surface area contributed by atoms with Crippen molar-refractivity contribution in [2.75, 3.05) is 4.90 Å². The Labute approximate surface area is 112 Å². The fraction of sp³-hybridized carbons (Fsp3) is 0.538. The molecular formula is C13H17ClN2O2. The van der Waals surface area contributed by atoms with Gasteiger partial charge in [-0.3, -0.25) is 9.69 Å². The summed E-state index contributed by atoms with van der Waals surface area (Å²) in [4.78, 5) is 13.6. The monoisotopic (exact) mass is 268 g/mol. The molecule has 0 saturated carbocycles. The van der Waals surface area contributed by atoms with E-state index in [2.05, 4.69) is 5.16 Å². The van der Waals surface area contributed by atoms with Crippen molar-refractivity contribution in [3.05, 3.63) is 23.0 Å². The van der Waals surface area contributed by atoms with Crippen molar-refractivity contribution in [1.82, 2.24) is 5.16 Å². The molecule has 0 radical (unpaired) electrons. The van der Waals surface area contributed by atoms with Crippen LogP contribution in [-0.4, -0.2) is 16.6 Å². The van der Waals surface area contributed by atoms with E-state index in [1.165, 1.54) is 4.90 Å². The quantitative estimate of drug-likeness (QED) is 0.580. The first-order chi connectivity index (χ1) is 8.23. The van der Waals surface area contributed by atoms with Crippen LogP contribution < -0.4 is 4.90 Å². The largest absolute Gasteiger partial charge is 0.359 e. The number of rotatable bonds is 1. The summed E-state index contributed by atoms with van der Waals surface area (Å²) in [5.41, 5.74) is 0.917. The fourth-order valence-electron chi connectivity index (χ4n) is 1.78. The lowest BCUT2D eigenvalue weighted by Gasteiger charge is -2.17. The number of hydrogen-bond acceptors (Lipinski definition) is 3. The molecule has 0 bridgehead atoms. The highest BCUT2D eigenvalue weighted by molar-refractivity contribution is 6.29. The first-order valence-corrected chi connectivity index (χ1v) is 6.29. The van der Waals surface area contributed by atoms with Gasteiger partial charge in [0.1, 0.15) is 11.3 Å². The summed E-state index contributed by atoms with van der Waals surface area (Å²) in [6.07, 6.45) is 0. The lowest BCUT2D eigenvalue weighted by Crippen LogP contribution is -2.32. The predicted molar refractivity (Wildman–Crippen MR) is 70.7 cm³/mol. The Balaban J connectivity index is 2.35. The standard InChI is InChI=1S/C13H17ClN2O2/c1-7-8(2)12(17)16(11(7)14)10-6-9(18-15-10)13(3,4)5/h6,11H,1-5H3. The Bertz CT molecular complexity index is 525. The molecule has 1 aromatic rings. The molecule has 1 aliphatic heterocycles. The number of halogens is 1. The van der Waals surface area contributed by atoms with Crippen molar-refractivity contribution >= 4 is 23.3 Å². The highest BCUT2D eigenvalue weighted by atomic mass is 35.5. The molecule has 18 heavy (non-hydrogen) atoms. The van der Waals surface area contributed by atoms with Crippen LogP contribution in [0.2, 0.25) is 0 Å². The molecule has 0 saturated heterocycles. The molecule has 5 heteroatoms. The van der Waals surface area contributed by atoms with Crippen LogP contribution in [-0.2, 0) is 10.2 Å². The molecule has 0 fully saturated rings. The molecule has 1 aliphatic rings. The molecule has 2 rings (SSSR count). The number of carbonyl (C=O) groups excluding carboxylic acids is 1. The maximum absolute atomic E-state index is 12.1. The molecule has 0 spiro atoms. The number of alkyl halides is 1. The highest BCUT2D eigenvalue weighted by Gasteiger charge is 2.37. The molecule has 1 unspecified atom stereocenters. The maximum atomic E-state index is 12.1. The number of hydrogen-bond donors (Lipinski definition) is 0. The van der Waals surface area contributed by atoms with Gasteiger partial charge in [-0.15, -0.1) is 0 Å². The van der Waals surface area contributed by atoms with Crippen molar-refractivity contribution in [2.24, 2.45) is 0 Å². The maximum Gasteiger partial charge on any atom is 0.256 e. The highest BCUT2D eigenvalue weighted by Crippen LogP contribution is 2.34. The van der Waals surface area contributed by atoms with Gasteiger partial charge in [0, 0.05) is 17.1 Å². The van der Waals surface area contributed by atoms with E-state index in [-0.39, 0.29) is 11.3 Å². The normalized spacial score (nSPS) is 21.1. The summed E-state index contributed by atoms with van der Waals surface area (Å²) in [5.74, 6) is 1.10. The SMILES string of the molecule is CC1=C(C)C(Cl)N(c2cc(C(C)(C)C)on2)C1=O. The van der Waals surface area contributed by atoms with E-state index in [4.69, 9.17) is 16.1 Å². The minimum absolute atomic E-state index is 0.110. The molecule has 1 amide bonds. The van der Waals surface area contributed by atoms with E-state index in [0.717, 1.165) is 11.3 Å². The number of amides is 1. The molecule has 4 nitrogen and oxygen atoms in total. The van der Waals surface area contributed by atoms with Crippen molar-refractivity contribution < 1.29 is 9.32 Å². The van der Waals surface area contributed by atoms with Gasteiger partial charge < -0.3 is 4.52 Å². The van der Waals surface area contributed by atoms with Gasteiger partial charge in [0.25, 0.3) is 5.91 Å². The lowest BCUT2D eigenvalue weighted by atomic mass is 9.93. The van der Waals surface area contributed by atoms with Crippen molar-refractivity contribution in [1.29, 1.82) is 0 Å². The van der Waals surface area contributed by atoms with E-state index in [9.17, 15) is 4.79 Å². The van der Waals surface area contributed by atoms with Gasteiger partial charge in [0.05, 0.1) is 0 Å². The van der Waals surface area contributed by atoms with E-state index in [1.807, 2.05) is 27.7 Å². The van der Waals surface area contributed by atoms with Crippen LogP contribution in [0.1, 0.15) is 40.4 Å². The van der Waals surface area contributed by atoms with Crippen LogP contribution in [0.3, 0.4) is 0 Å². The minimum Gasteiger partial charge on any atom is -0.359 e. The zero-order valence-corrected chi connectivity index (χ0v) is 12.0. The summed E-state index contributed by atoms with van der Waals surface area (Å²) in [7, 11) is 0. The third kappa shape index (κ3) is 1.94. The number of carbonyl (C=O) groups is 1. The van der Waals surface area contributed by atoms with Crippen LogP contribution >= 0.6 is 11.6 Å². The van der Waals surface area contributed by atoms with E-state index in [0.29, 0.717) is 11.4 Å². The Kier molecular flexibility index (Phi) is 3.01. The van der Waals surface area contributed by atoms with Gasteiger partial charge in [-0.1, -0.05) is 37.5 Å². The summed E-state index contributed by atoms with van der Waals surface area (Å²) >= 11 is 6.24. The van der Waals surface area contributed by atoms with Crippen LogP contribution in [0.4, 0.5) is 5.82 Å². The zero-order valence-electron chi connectivity index (χ0n) is 11.2. The van der Waals surface area contributed by atoms with Gasteiger partial charge in [-0.25, -0.2) is 0 Å². The van der Waals surface area contributed by atoms with Crippen LogP contribution in [0, 0.1) is 0 Å². The van der Waals surface area contributed by atoms with Crippen molar-refractivity contribution in [3.8, 4) is 0 Å². The number of nitrogens with zero attached hydrogens (tertiary/aromatic N) is 2. The lowest BCUT2D eigenvalue weighted by molar-refractivity contribution is -0.114. The molecule has 0 aliphatic carbocycles.